The Hall–Kier alpha value is -0.130. The van der Waals surface area contributed by atoms with Crippen LogP contribution in [0.2, 0.25) is 0 Å². The number of hydrogen-bond donors (Lipinski definition) is 1. The summed E-state index contributed by atoms with van der Waals surface area (Å²) in [6, 6.07) is 0. The molecule has 1 heterocycles. The van der Waals surface area contributed by atoms with E-state index in [1.807, 2.05) is 4.31 Å². The molecule has 8 heavy (non-hydrogen) atoms. The van der Waals surface area contributed by atoms with E-state index in [4.69, 9.17) is 6.42 Å². The molecule has 0 aliphatic carbocycles. The molecule has 44 valence electrons. The molecule has 1 aliphatic rings. The summed E-state index contributed by atoms with van der Waals surface area (Å²) in [5.41, 5.74) is 0. The maximum Gasteiger partial charge on any atom is 0.0349 e. The van der Waals surface area contributed by atoms with E-state index in [1.54, 1.807) is 0 Å². The van der Waals surface area contributed by atoms with Crippen LogP contribution in [0.25, 0.3) is 0 Å². The summed E-state index contributed by atoms with van der Waals surface area (Å²) in [5, 5.41) is 0. The van der Waals surface area contributed by atoms with Crippen molar-refractivity contribution in [2.45, 2.75) is 6.42 Å². The van der Waals surface area contributed by atoms with Crippen LogP contribution in [0.4, 0.5) is 0 Å². The van der Waals surface area contributed by atoms with E-state index in [1.165, 1.54) is 0 Å². The van der Waals surface area contributed by atoms with Crippen LogP contribution in [0.5, 0.6) is 0 Å². The Labute approximate surface area is 55.6 Å². The molecule has 1 rings (SSSR count). The predicted molar refractivity (Wildman–Crippen MR) is 37.5 cm³/mol. The topological polar surface area (TPSA) is 3.24 Å². The van der Waals surface area contributed by atoms with Crippen molar-refractivity contribution in [1.29, 1.82) is 0 Å². The number of hydrogen-bond acceptors (Lipinski definition) is 2. The fraction of sp³-hybridized carbons (Fsp3) is 0.667. The van der Waals surface area contributed by atoms with Crippen LogP contribution in [0, 0.1) is 18.3 Å². The van der Waals surface area contributed by atoms with E-state index in [9.17, 15) is 0 Å². The van der Waals surface area contributed by atoms with Gasteiger partial charge in [0, 0.05) is 19.0 Å². The molecule has 1 atom stereocenters. The first-order chi connectivity index (χ1) is 3.83. The number of thiol groups is 1. The van der Waals surface area contributed by atoms with Gasteiger partial charge >= 0.3 is 0 Å². The maximum absolute atomic E-state index is 5.19. The van der Waals surface area contributed by atoms with E-state index in [-0.39, 0.29) is 0 Å². The Kier molecular flexibility index (Phi) is 1.82. The van der Waals surface area contributed by atoms with Crippen LogP contribution >= 0.6 is 12.8 Å². The summed E-state index contributed by atoms with van der Waals surface area (Å²) in [5.74, 6) is 3.16. The molecule has 0 aromatic rings. The van der Waals surface area contributed by atoms with Gasteiger partial charge in [-0.05, 0) is 6.42 Å². The van der Waals surface area contributed by atoms with Crippen molar-refractivity contribution in [3.63, 3.8) is 0 Å². The van der Waals surface area contributed by atoms with Crippen LogP contribution in [-0.2, 0) is 0 Å². The van der Waals surface area contributed by atoms with Crippen molar-refractivity contribution in [3.05, 3.63) is 0 Å². The van der Waals surface area contributed by atoms with Gasteiger partial charge in [-0.1, -0.05) is 12.8 Å². The van der Waals surface area contributed by atoms with Gasteiger partial charge in [-0.2, -0.15) is 0 Å². The third-order valence-electron chi connectivity index (χ3n) is 1.40. The molecular formula is C6H9NS. The van der Waals surface area contributed by atoms with E-state index >= 15 is 0 Å². The van der Waals surface area contributed by atoms with Crippen LogP contribution in [0.1, 0.15) is 6.42 Å². The Balaban J connectivity index is 2.35. The average molecular weight is 127 g/mol. The Morgan fingerprint density at radius 1 is 1.75 bits per heavy atom. The highest BCUT2D eigenvalue weighted by atomic mass is 32.1. The SMILES string of the molecule is C#CC1CCN(S)C1. The van der Waals surface area contributed by atoms with Gasteiger partial charge in [0.25, 0.3) is 0 Å². The van der Waals surface area contributed by atoms with Gasteiger partial charge in [0.1, 0.15) is 0 Å². The normalized spacial score (nSPS) is 30.2. The van der Waals surface area contributed by atoms with Crippen molar-refractivity contribution >= 4 is 12.8 Å². The minimum Gasteiger partial charge on any atom is -0.252 e. The zero-order valence-electron chi connectivity index (χ0n) is 4.67. The monoisotopic (exact) mass is 127 g/mol. The van der Waals surface area contributed by atoms with Crippen molar-refractivity contribution in [2.75, 3.05) is 13.1 Å². The second-order valence-corrected chi connectivity index (χ2v) is 2.63. The minimum absolute atomic E-state index is 0.451. The van der Waals surface area contributed by atoms with Crippen molar-refractivity contribution < 1.29 is 0 Å². The molecule has 0 N–H and O–H groups in total. The molecule has 1 unspecified atom stereocenters. The molecular weight excluding hydrogens is 118 g/mol. The summed E-state index contributed by atoms with van der Waals surface area (Å²) in [6.45, 7) is 2.00. The fourth-order valence-corrected chi connectivity index (χ4v) is 1.19. The second kappa shape index (κ2) is 2.43. The number of nitrogens with zero attached hydrogens (tertiary/aromatic N) is 1. The van der Waals surface area contributed by atoms with Gasteiger partial charge in [-0.25, -0.2) is 0 Å². The second-order valence-electron chi connectivity index (χ2n) is 2.06. The van der Waals surface area contributed by atoms with Crippen LogP contribution in [0.3, 0.4) is 0 Å². The Bertz CT molecular complexity index is 116. The predicted octanol–water partition coefficient (Wildman–Crippen LogP) is 0.786. The van der Waals surface area contributed by atoms with E-state index in [0.29, 0.717) is 5.92 Å². The lowest BCUT2D eigenvalue weighted by molar-refractivity contribution is 0.580. The van der Waals surface area contributed by atoms with Gasteiger partial charge < -0.3 is 0 Å². The number of rotatable bonds is 0. The first-order valence-corrected chi connectivity index (χ1v) is 3.13. The van der Waals surface area contributed by atoms with Crippen LogP contribution < -0.4 is 0 Å². The zero-order chi connectivity index (χ0) is 5.98. The van der Waals surface area contributed by atoms with Gasteiger partial charge in [-0.15, -0.1) is 12.3 Å². The van der Waals surface area contributed by atoms with Crippen LogP contribution in [-0.4, -0.2) is 17.4 Å². The summed E-state index contributed by atoms with van der Waals surface area (Å²) in [4.78, 5) is 0. The zero-order valence-corrected chi connectivity index (χ0v) is 5.56. The standard InChI is InChI=1S/C6H9NS/c1-2-6-3-4-7(8)5-6/h1,6,8H,3-5H2. The average Bonchev–Trinajstić information content (AvgIpc) is 2.14. The lowest BCUT2D eigenvalue weighted by Gasteiger charge is -2.01. The molecule has 0 radical (unpaired) electrons. The van der Waals surface area contributed by atoms with Gasteiger partial charge in [0.15, 0.2) is 0 Å². The van der Waals surface area contributed by atoms with E-state index in [2.05, 4.69) is 18.7 Å². The maximum atomic E-state index is 5.19. The largest absolute Gasteiger partial charge is 0.252 e. The fourth-order valence-electron chi connectivity index (χ4n) is 0.878. The smallest absolute Gasteiger partial charge is 0.0349 e. The summed E-state index contributed by atoms with van der Waals surface area (Å²) in [7, 11) is 0. The first-order valence-electron chi connectivity index (χ1n) is 2.73. The molecule has 1 nitrogen and oxygen atoms in total. The third-order valence-corrected chi connectivity index (χ3v) is 1.77. The third kappa shape index (κ3) is 1.18. The molecule has 1 saturated heterocycles. The number of terminal acetylenes is 1. The van der Waals surface area contributed by atoms with E-state index < -0.39 is 0 Å². The molecule has 0 saturated carbocycles. The highest BCUT2D eigenvalue weighted by Gasteiger charge is 2.16. The Morgan fingerprint density at radius 3 is 2.75 bits per heavy atom. The first kappa shape index (κ1) is 6.00. The van der Waals surface area contributed by atoms with Crippen molar-refractivity contribution in [3.8, 4) is 12.3 Å². The lowest BCUT2D eigenvalue weighted by Crippen LogP contribution is -2.06. The van der Waals surface area contributed by atoms with Gasteiger partial charge in [-0.3, -0.25) is 4.31 Å². The van der Waals surface area contributed by atoms with Gasteiger partial charge in [0.2, 0.25) is 0 Å². The van der Waals surface area contributed by atoms with Crippen molar-refractivity contribution in [2.24, 2.45) is 5.92 Å². The molecule has 1 fully saturated rings. The molecule has 1 aliphatic heterocycles. The summed E-state index contributed by atoms with van der Waals surface area (Å²) >= 11 is 4.14. The lowest BCUT2D eigenvalue weighted by atomic mass is 10.1. The highest BCUT2D eigenvalue weighted by molar-refractivity contribution is 7.77. The molecule has 0 aromatic carbocycles. The summed E-state index contributed by atoms with van der Waals surface area (Å²) in [6.07, 6.45) is 6.30. The van der Waals surface area contributed by atoms with Crippen LogP contribution in [0.15, 0.2) is 0 Å². The molecule has 0 aromatic heterocycles. The minimum atomic E-state index is 0.451. The molecule has 0 bridgehead atoms. The van der Waals surface area contributed by atoms with E-state index in [0.717, 1.165) is 19.5 Å². The van der Waals surface area contributed by atoms with Gasteiger partial charge in [0.05, 0.1) is 0 Å². The highest BCUT2D eigenvalue weighted by Crippen LogP contribution is 2.15. The quantitative estimate of drug-likeness (QED) is 0.372. The molecule has 2 heteroatoms. The van der Waals surface area contributed by atoms with Crippen molar-refractivity contribution in [1.82, 2.24) is 4.31 Å². The molecule has 0 amide bonds. The summed E-state index contributed by atoms with van der Waals surface area (Å²) < 4.78 is 1.96. The molecule has 0 spiro atoms. The Morgan fingerprint density at radius 2 is 2.50 bits per heavy atom.